The third-order valence-corrected chi connectivity index (χ3v) is 1.89. The monoisotopic (exact) mass is 221 g/mol. The SMILES string of the molecule is COCCNC(=O)N([C]=O)c1ccccc1. The minimum absolute atomic E-state index is 0.348. The minimum Gasteiger partial charge on any atom is -0.383 e. The van der Waals surface area contributed by atoms with Crippen LogP contribution in [0, 0.1) is 0 Å². The molecule has 5 heteroatoms. The maximum Gasteiger partial charge on any atom is 0.329 e. The average Bonchev–Trinajstić information content (AvgIpc) is 2.32. The van der Waals surface area contributed by atoms with E-state index in [9.17, 15) is 9.59 Å². The summed E-state index contributed by atoms with van der Waals surface area (Å²) in [6.07, 6.45) is 1.58. The van der Waals surface area contributed by atoms with Crippen molar-refractivity contribution >= 4 is 18.1 Å². The van der Waals surface area contributed by atoms with Crippen molar-refractivity contribution in [1.29, 1.82) is 0 Å². The Morgan fingerprint density at radius 1 is 1.44 bits per heavy atom. The molecule has 5 nitrogen and oxygen atoms in total. The fraction of sp³-hybridized carbons (Fsp3) is 0.273. The summed E-state index contributed by atoms with van der Waals surface area (Å²) in [5.41, 5.74) is 0.479. The van der Waals surface area contributed by atoms with Crippen LogP contribution in [-0.4, -0.2) is 32.7 Å². The number of rotatable bonds is 5. The lowest BCUT2D eigenvalue weighted by atomic mass is 10.3. The summed E-state index contributed by atoms with van der Waals surface area (Å²) < 4.78 is 4.78. The zero-order chi connectivity index (χ0) is 11.8. The number of anilines is 1. The first-order chi connectivity index (χ1) is 7.79. The van der Waals surface area contributed by atoms with Gasteiger partial charge in [0.15, 0.2) is 0 Å². The molecule has 1 aromatic rings. The van der Waals surface area contributed by atoms with E-state index in [1.807, 2.05) is 0 Å². The normalized spacial score (nSPS) is 9.56. The minimum atomic E-state index is -0.516. The van der Waals surface area contributed by atoms with Crippen LogP contribution in [0.4, 0.5) is 10.5 Å². The molecule has 0 bridgehead atoms. The molecule has 1 N–H and O–H groups in total. The van der Waals surface area contributed by atoms with E-state index in [1.165, 1.54) is 7.11 Å². The molecule has 85 valence electrons. The van der Waals surface area contributed by atoms with Crippen molar-refractivity contribution in [2.24, 2.45) is 0 Å². The van der Waals surface area contributed by atoms with Gasteiger partial charge in [0.25, 0.3) is 0 Å². The van der Waals surface area contributed by atoms with Gasteiger partial charge in [-0.1, -0.05) is 18.2 Å². The van der Waals surface area contributed by atoms with Crippen LogP contribution in [0.15, 0.2) is 30.3 Å². The van der Waals surface area contributed by atoms with Crippen LogP contribution >= 0.6 is 0 Å². The Morgan fingerprint density at radius 2 is 2.12 bits per heavy atom. The molecule has 0 aliphatic heterocycles. The number of urea groups is 1. The molecule has 16 heavy (non-hydrogen) atoms. The van der Waals surface area contributed by atoms with Gasteiger partial charge < -0.3 is 10.1 Å². The zero-order valence-electron chi connectivity index (χ0n) is 8.97. The van der Waals surface area contributed by atoms with Gasteiger partial charge in [0.2, 0.25) is 0 Å². The molecule has 0 aliphatic rings. The number of nitrogens with zero attached hydrogens (tertiary/aromatic N) is 1. The van der Waals surface area contributed by atoms with E-state index < -0.39 is 6.03 Å². The fourth-order valence-corrected chi connectivity index (χ4v) is 1.13. The van der Waals surface area contributed by atoms with E-state index >= 15 is 0 Å². The van der Waals surface area contributed by atoms with Gasteiger partial charge in [-0.25, -0.2) is 9.69 Å². The van der Waals surface area contributed by atoms with Crippen molar-refractivity contribution in [3.8, 4) is 0 Å². The molecule has 0 atom stereocenters. The summed E-state index contributed by atoms with van der Waals surface area (Å²) in [6.45, 7) is 0.744. The predicted octanol–water partition coefficient (Wildman–Crippen LogP) is 0.916. The van der Waals surface area contributed by atoms with Crippen LogP contribution in [0.2, 0.25) is 0 Å². The number of ether oxygens (including phenoxy) is 1. The number of nitrogens with one attached hydrogen (secondary N) is 1. The Morgan fingerprint density at radius 3 is 2.69 bits per heavy atom. The number of para-hydroxylation sites is 1. The summed E-state index contributed by atoms with van der Waals surface area (Å²) in [6, 6.07) is 8.07. The molecule has 1 rings (SSSR count). The first-order valence-corrected chi connectivity index (χ1v) is 4.79. The van der Waals surface area contributed by atoms with Crippen molar-refractivity contribution < 1.29 is 14.3 Å². The molecular formula is C11H13N2O3. The van der Waals surface area contributed by atoms with E-state index in [-0.39, 0.29) is 0 Å². The van der Waals surface area contributed by atoms with E-state index in [4.69, 9.17) is 4.74 Å². The highest BCUT2D eigenvalue weighted by Gasteiger charge is 2.14. The van der Waals surface area contributed by atoms with E-state index in [0.717, 1.165) is 4.90 Å². The molecule has 0 unspecified atom stereocenters. The Balaban J connectivity index is 2.61. The molecule has 0 spiro atoms. The first kappa shape index (κ1) is 12.2. The van der Waals surface area contributed by atoms with E-state index in [2.05, 4.69) is 5.32 Å². The number of hydrogen-bond donors (Lipinski definition) is 1. The third-order valence-electron chi connectivity index (χ3n) is 1.89. The van der Waals surface area contributed by atoms with Crippen LogP contribution in [-0.2, 0) is 9.53 Å². The molecule has 0 aliphatic carbocycles. The van der Waals surface area contributed by atoms with E-state index in [1.54, 1.807) is 36.7 Å². The molecule has 0 aromatic heterocycles. The van der Waals surface area contributed by atoms with Crippen LogP contribution in [0.3, 0.4) is 0 Å². The fourth-order valence-electron chi connectivity index (χ4n) is 1.13. The highest BCUT2D eigenvalue weighted by atomic mass is 16.5. The Labute approximate surface area is 94.0 Å². The zero-order valence-corrected chi connectivity index (χ0v) is 8.97. The van der Waals surface area contributed by atoms with Gasteiger partial charge in [0.05, 0.1) is 12.3 Å². The quantitative estimate of drug-likeness (QED) is 0.594. The Bertz CT molecular complexity index is 340. The molecule has 1 aromatic carbocycles. The summed E-state index contributed by atoms with van der Waals surface area (Å²) in [7, 11) is 1.53. The number of hydrogen-bond acceptors (Lipinski definition) is 3. The van der Waals surface area contributed by atoms with Crippen LogP contribution in [0.5, 0.6) is 0 Å². The van der Waals surface area contributed by atoms with Gasteiger partial charge in [0, 0.05) is 13.7 Å². The highest BCUT2D eigenvalue weighted by molar-refractivity contribution is 6.06. The van der Waals surface area contributed by atoms with Gasteiger partial charge in [-0.3, -0.25) is 4.79 Å². The smallest absolute Gasteiger partial charge is 0.329 e. The van der Waals surface area contributed by atoms with Crippen LogP contribution in [0.25, 0.3) is 0 Å². The lowest BCUT2D eigenvalue weighted by Crippen LogP contribution is -2.40. The molecule has 1 radical (unpaired) electrons. The van der Waals surface area contributed by atoms with Crippen LogP contribution in [0.1, 0.15) is 0 Å². The number of carbonyl (C=O) groups is 1. The maximum absolute atomic E-state index is 11.5. The summed E-state index contributed by atoms with van der Waals surface area (Å²) in [4.78, 5) is 23.1. The summed E-state index contributed by atoms with van der Waals surface area (Å²) in [5, 5.41) is 2.53. The first-order valence-electron chi connectivity index (χ1n) is 4.79. The Hall–Kier alpha value is -1.88. The second kappa shape index (κ2) is 6.58. The van der Waals surface area contributed by atoms with E-state index in [0.29, 0.717) is 18.8 Å². The number of benzene rings is 1. The Kier molecular flexibility index (Phi) is 5.01. The van der Waals surface area contributed by atoms with Crippen molar-refractivity contribution in [2.75, 3.05) is 25.2 Å². The second-order valence-electron chi connectivity index (χ2n) is 2.99. The van der Waals surface area contributed by atoms with Gasteiger partial charge in [-0.2, -0.15) is 0 Å². The second-order valence-corrected chi connectivity index (χ2v) is 2.99. The number of imide groups is 1. The molecular weight excluding hydrogens is 208 g/mol. The largest absolute Gasteiger partial charge is 0.383 e. The molecule has 0 saturated heterocycles. The summed E-state index contributed by atoms with van der Waals surface area (Å²) >= 11 is 0. The molecule has 0 saturated carbocycles. The molecule has 3 amide bonds. The van der Waals surface area contributed by atoms with Crippen molar-refractivity contribution in [1.82, 2.24) is 5.32 Å². The lowest BCUT2D eigenvalue weighted by molar-refractivity contribution is 0.197. The maximum atomic E-state index is 11.5. The topological polar surface area (TPSA) is 58.6 Å². The molecule has 0 heterocycles. The predicted molar refractivity (Wildman–Crippen MR) is 59.9 cm³/mol. The number of methoxy groups -OCH3 is 1. The molecule has 0 fully saturated rings. The average molecular weight is 221 g/mol. The van der Waals surface area contributed by atoms with Crippen molar-refractivity contribution in [3.05, 3.63) is 30.3 Å². The number of amides is 3. The standard InChI is InChI=1S/C11H13N2O3/c1-16-8-7-12-11(15)13(9-14)10-5-3-2-4-6-10/h2-6H,7-8H2,1H3,(H,12,15). The highest BCUT2D eigenvalue weighted by Crippen LogP contribution is 2.10. The van der Waals surface area contributed by atoms with Gasteiger partial charge in [-0.15, -0.1) is 0 Å². The summed E-state index contributed by atoms with van der Waals surface area (Å²) in [5.74, 6) is 0. The van der Waals surface area contributed by atoms with Crippen molar-refractivity contribution in [2.45, 2.75) is 0 Å². The van der Waals surface area contributed by atoms with Gasteiger partial charge >= 0.3 is 12.4 Å². The van der Waals surface area contributed by atoms with Crippen LogP contribution < -0.4 is 10.2 Å². The van der Waals surface area contributed by atoms with Gasteiger partial charge in [-0.05, 0) is 12.1 Å². The van der Waals surface area contributed by atoms with Crippen molar-refractivity contribution in [3.63, 3.8) is 0 Å². The van der Waals surface area contributed by atoms with Gasteiger partial charge in [0.1, 0.15) is 0 Å². The lowest BCUT2D eigenvalue weighted by Gasteiger charge is -2.14. The third kappa shape index (κ3) is 3.36. The number of carbonyl (C=O) groups excluding carboxylic acids is 2.